The fourth-order valence-corrected chi connectivity index (χ4v) is 1.84. The van der Waals surface area contributed by atoms with Crippen molar-refractivity contribution in [2.24, 2.45) is 0 Å². The van der Waals surface area contributed by atoms with Gasteiger partial charge in [0.25, 0.3) is 0 Å². The van der Waals surface area contributed by atoms with Gasteiger partial charge in [-0.2, -0.15) is 8.78 Å². The number of alkyl halides is 2. The van der Waals surface area contributed by atoms with Gasteiger partial charge < -0.3 is 14.8 Å². The average Bonchev–Trinajstić information content (AvgIpc) is 2.71. The highest BCUT2D eigenvalue weighted by molar-refractivity contribution is 5.96. The fraction of sp³-hybridized carbons (Fsp3) is 0.154. The Morgan fingerprint density at radius 2 is 2.05 bits per heavy atom. The quantitative estimate of drug-likeness (QED) is 0.893. The molecular formula is C13H11F2NO3. The van der Waals surface area contributed by atoms with Crippen LogP contribution in [0.3, 0.4) is 0 Å². The van der Waals surface area contributed by atoms with E-state index in [1.54, 1.807) is 13.0 Å². The maximum atomic E-state index is 12.3. The lowest BCUT2D eigenvalue weighted by Gasteiger charge is -2.10. The predicted molar refractivity (Wildman–Crippen MR) is 64.6 cm³/mol. The molecule has 0 saturated heterocycles. The van der Waals surface area contributed by atoms with Crippen LogP contribution in [-0.4, -0.2) is 22.7 Å². The molecule has 2 N–H and O–H groups in total. The fourth-order valence-electron chi connectivity index (χ4n) is 1.84. The number of aryl methyl sites for hydroxylation is 1. The molecule has 1 aromatic heterocycles. The molecule has 0 saturated carbocycles. The van der Waals surface area contributed by atoms with Crippen molar-refractivity contribution in [1.82, 2.24) is 4.98 Å². The second kappa shape index (κ2) is 5.09. The molecule has 6 heteroatoms. The number of rotatable bonds is 4. The lowest BCUT2D eigenvalue weighted by molar-refractivity contribution is -0.0494. The zero-order valence-corrected chi connectivity index (χ0v) is 9.98. The van der Waals surface area contributed by atoms with Gasteiger partial charge in [0.15, 0.2) is 0 Å². The minimum Gasteiger partial charge on any atom is -0.478 e. The van der Waals surface area contributed by atoms with E-state index in [1.807, 2.05) is 0 Å². The van der Waals surface area contributed by atoms with Crippen LogP contribution in [-0.2, 0) is 0 Å². The molecule has 0 spiro atoms. The largest absolute Gasteiger partial charge is 0.478 e. The van der Waals surface area contributed by atoms with Crippen molar-refractivity contribution in [3.63, 3.8) is 0 Å². The van der Waals surface area contributed by atoms with Gasteiger partial charge >= 0.3 is 12.6 Å². The molecule has 0 aliphatic heterocycles. The Morgan fingerprint density at radius 1 is 1.37 bits per heavy atom. The topological polar surface area (TPSA) is 62.3 Å². The van der Waals surface area contributed by atoms with Gasteiger partial charge in [0, 0.05) is 11.3 Å². The smallest absolute Gasteiger partial charge is 0.387 e. The molecule has 2 aromatic rings. The van der Waals surface area contributed by atoms with Gasteiger partial charge in [-0.25, -0.2) is 4.79 Å². The highest BCUT2D eigenvalue weighted by Crippen LogP contribution is 2.33. The summed E-state index contributed by atoms with van der Waals surface area (Å²) in [4.78, 5) is 14.0. The number of aromatic nitrogens is 1. The highest BCUT2D eigenvalue weighted by atomic mass is 19.3. The molecule has 2 rings (SSSR count). The van der Waals surface area contributed by atoms with E-state index in [4.69, 9.17) is 5.11 Å². The lowest BCUT2D eigenvalue weighted by Crippen LogP contribution is -2.04. The molecule has 4 nitrogen and oxygen atoms in total. The van der Waals surface area contributed by atoms with Crippen molar-refractivity contribution in [1.29, 1.82) is 0 Å². The van der Waals surface area contributed by atoms with Crippen LogP contribution in [0.4, 0.5) is 8.78 Å². The molecule has 0 fully saturated rings. The molecule has 0 aliphatic carbocycles. The van der Waals surface area contributed by atoms with Gasteiger partial charge in [0.1, 0.15) is 5.75 Å². The minimum absolute atomic E-state index is 0.0165. The Kier molecular flexibility index (Phi) is 3.50. The Hall–Kier alpha value is -2.37. The van der Waals surface area contributed by atoms with Crippen LogP contribution in [0.5, 0.6) is 5.75 Å². The number of benzene rings is 1. The van der Waals surface area contributed by atoms with Crippen molar-refractivity contribution >= 4 is 5.97 Å². The zero-order valence-electron chi connectivity index (χ0n) is 9.98. The van der Waals surface area contributed by atoms with Crippen LogP contribution in [0.2, 0.25) is 0 Å². The van der Waals surface area contributed by atoms with Gasteiger partial charge in [0.05, 0.1) is 11.3 Å². The molecule has 0 aliphatic rings. The zero-order chi connectivity index (χ0) is 14.0. The van der Waals surface area contributed by atoms with Gasteiger partial charge in [-0.3, -0.25) is 0 Å². The summed E-state index contributed by atoms with van der Waals surface area (Å²) in [6, 6.07) is 7.49. The van der Waals surface area contributed by atoms with E-state index in [0.717, 1.165) is 0 Å². The summed E-state index contributed by atoms with van der Waals surface area (Å²) in [6.07, 6.45) is 0. The number of carbonyl (C=O) groups is 1. The summed E-state index contributed by atoms with van der Waals surface area (Å²) in [5.74, 6) is -1.20. The predicted octanol–water partition coefficient (Wildman–Crippen LogP) is 3.29. The summed E-state index contributed by atoms with van der Waals surface area (Å²) < 4.78 is 29.1. The molecule has 1 aromatic carbocycles. The van der Waals surface area contributed by atoms with Gasteiger partial charge in [-0.05, 0) is 25.1 Å². The summed E-state index contributed by atoms with van der Waals surface area (Å²) in [7, 11) is 0. The second-order valence-electron chi connectivity index (χ2n) is 3.92. The second-order valence-corrected chi connectivity index (χ2v) is 3.92. The maximum Gasteiger partial charge on any atom is 0.387 e. The van der Waals surface area contributed by atoms with Crippen molar-refractivity contribution in [3.8, 4) is 17.0 Å². The number of para-hydroxylation sites is 1. The van der Waals surface area contributed by atoms with Crippen LogP contribution in [0, 0.1) is 6.92 Å². The number of hydrogen-bond donors (Lipinski definition) is 2. The molecule has 0 radical (unpaired) electrons. The van der Waals surface area contributed by atoms with E-state index >= 15 is 0 Å². The first-order chi connectivity index (χ1) is 8.99. The number of halogens is 2. The Morgan fingerprint density at radius 3 is 2.68 bits per heavy atom. The minimum atomic E-state index is -2.97. The maximum absolute atomic E-state index is 12.3. The normalized spacial score (nSPS) is 10.7. The molecule has 100 valence electrons. The van der Waals surface area contributed by atoms with E-state index in [9.17, 15) is 13.6 Å². The Balaban J connectivity index is 2.55. The average molecular weight is 267 g/mol. The first-order valence-electron chi connectivity index (χ1n) is 5.46. The molecule has 0 amide bonds. The van der Waals surface area contributed by atoms with Crippen LogP contribution in [0.15, 0.2) is 30.3 Å². The summed E-state index contributed by atoms with van der Waals surface area (Å²) in [5, 5.41) is 9.10. The number of carboxylic acids is 1. The molecule has 19 heavy (non-hydrogen) atoms. The Bertz CT molecular complexity index is 608. The monoisotopic (exact) mass is 267 g/mol. The van der Waals surface area contributed by atoms with E-state index < -0.39 is 12.6 Å². The first kappa shape index (κ1) is 13.1. The van der Waals surface area contributed by atoms with Crippen LogP contribution in [0.25, 0.3) is 11.3 Å². The number of hydrogen-bond acceptors (Lipinski definition) is 2. The van der Waals surface area contributed by atoms with E-state index in [1.165, 1.54) is 24.3 Å². The third kappa shape index (κ3) is 2.73. The Labute approximate surface area is 107 Å². The van der Waals surface area contributed by atoms with Crippen LogP contribution < -0.4 is 4.74 Å². The molecule has 0 unspecified atom stereocenters. The third-order valence-electron chi connectivity index (χ3n) is 2.56. The highest BCUT2D eigenvalue weighted by Gasteiger charge is 2.19. The summed E-state index contributed by atoms with van der Waals surface area (Å²) in [5.41, 5.74) is 1.18. The number of aromatic amines is 1. The first-order valence-corrected chi connectivity index (χ1v) is 5.46. The van der Waals surface area contributed by atoms with Crippen molar-refractivity contribution in [2.45, 2.75) is 13.5 Å². The van der Waals surface area contributed by atoms with Crippen LogP contribution in [0.1, 0.15) is 16.1 Å². The van der Waals surface area contributed by atoms with Crippen LogP contribution >= 0.6 is 0 Å². The number of ether oxygens (including phenoxy) is 1. The van der Waals surface area contributed by atoms with E-state index in [2.05, 4.69) is 9.72 Å². The molecule has 0 bridgehead atoms. The lowest BCUT2D eigenvalue weighted by atomic mass is 10.1. The molecule has 1 heterocycles. The third-order valence-corrected chi connectivity index (χ3v) is 2.56. The number of aromatic carboxylic acids is 1. The van der Waals surface area contributed by atoms with Gasteiger partial charge in [-0.1, -0.05) is 12.1 Å². The summed E-state index contributed by atoms with van der Waals surface area (Å²) in [6.45, 7) is -1.28. The number of H-pyrrole nitrogens is 1. The van der Waals surface area contributed by atoms with E-state index in [0.29, 0.717) is 5.69 Å². The van der Waals surface area contributed by atoms with Crippen molar-refractivity contribution in [2.75, 3.05) is 0 Å². The molecular weight excluding hydrogens is 256 g/mol. The number of nitrogens with one attached hydrogen (secondary N) is 1. The standard InChI is InChI=1S/C13H11F2NO3/c1-7-6-9(12(17)18)11(16-7)8-4-2-3-5-10(8)19-13(14)15/h2-6,13,16H,1H3,(H,17,18). The number of carboxylic acid groups (broad SMARTS) is 1. The summed E-state index contributed by atoms with van der Waals surface area (Å²) >= 11 is 0. The van der Waals surface area contributed by atoms with Crippen molar-refractivity contribution in [3.05, 3.63) is 41.6 Å². The SMILES string of the molecule is Cc1cc(C(=O)O)c(-c2ccccc2OC(F)F)[nH]1. The van der Waals surface area contributed by atoms with E-state index in [-0.39, 0.29) is 22.6 Å². The van der Waals surface area contributed by atoms with Crippen molar-refractivity contribution < 1.29 is 23.4 Å². The van der Waals surface area contributed by atoms with Gasteiger partial charge in [0.2, 0.25) is 0 Å². The molecule has 0 atom stereocenters. The van der Waals surface area contributed by atoms with Gasteiger partial charge in [-0.15, -0.1) is 0 Å².